The minimum absolute atomic E-state index is 0.0815. The van der Waals surface area contributed by atoms with Crippen molar-refractivity contribution in [2.75, 3.05) is 13.7 Å². The Morgan fingerprint density at radius 2 is 2.14 bits per heavy atom. The average Bonchev–Trinajstić information content (AvgIpc) is 3.16. The lowest BCUT2D eigenvalue weighted by Gasteiger charge is -2.28. The highest BCUT2D eigenvalue weighted by Crippen LogP contribution is 2.42. The third-order valence-corrected chi connectivity index (χ3v) is 4.43. The molecule has 1 fully saturated rings. The highest BCUT2D eigenvalue weighted by atomic mass is 16.5. The maximum atomic E-state index is 5.57. The van der Waals surface area contributed by atoms with Crippen molar-refractivity contribution < 1.29 is 9.26 Å². The zero-order valence-corrected chi connectivity index (χ0v) is 13.8. The molecule has 1 saturated heterocycles. The van der Waals surface area contributed by atoms with Gasteiger partial charge in [0.2, 0.25) is 11.8 Å². The maximum Gasteiger partial charge on any atom is 0.243 e. The Balaban J connectivity index is 1.94. The van der Waals surface area contributed by atoms with Crippen molar-refractivity contribution in [1.82, 2.24) is 24.8 Å². The van der Waals surface area contributed by atoms with Gasteiger partial charge in [-0.25, -0.2) is 4.68 Å². The Morgan fingerprint density at radius 3 is 2.77 bits per heavy atom. The van der Waals surface area contributed by atoms with Crippen LogP contribution in [0.2, 0.25) is 0 Å². The summed E-state index contributed by atoms with van der Waals surface area (Å²) in [6, 6.07) is 0.351. The van der Waals surface area contributed by atoms with Crippen LogP contribution >= 0.6 is 0 Å². The van der Waals surface area contributed by atoms with E-state index in [1.807, 2.05) is 25.6 Å². The summed E-state index contributed by atoms with van der Waals surface area (Å²) in [6.45, 7) is 7.00. The summed E-state index contributed by atoms with van der Waals surface area (Å²) in [5.41, 5.74) is 2.19. The number of ether oxygens (including phenoxy) is 1. The molecule has 2 aromatic heterocycles. The van der Waals surface area contributed by atoms with E-state index in [0.29, 0.717) is 11.7 Å². The second-order valence-electron chi connectivity index (χ2n) is 5.88. The highest BCUT2D eigenvalue weighted by molar-refractivity contribution is 5.35. The predicted molar refractivity (Wildman–Crippen MR) is 80.6 cm³/mol. The Hall–Kier alpha value is -1.89. The van der Waals surface area contributed by atoms with Gasteiger partial charge in [-0.1, -0.05) is 5.16 Å². The molecule has 3 rings (SSSR count). The summed E-state index contributed by atoms with van der Waals surface area (Å²) in [5, 5.41) is 8.42. The largest absolute Gasteiger partial charge is 0.481 e. The van der Waals surface area contributed by atoms with Gasteiger partial charge in [0.05, 0.1) is 24.4 Å². The van der Waals surface area contributed by atoms with E-state index in [1.165, 1.54) is 5.56 Å². The van der Waals surface area contributed by atoms with E-state index >= 15 is 0 Å². The molecule has 22 heavy (non-hydrogen) atoms. The van der Waals surface area contributed by atoms with Gasteiger partial charge in [-0.15, -0.1) is 0 Å². The molecule has 0 spiro atoms. The van der Waals surface area contributed by atoms with Gasteiger partial charge < -0.3 is 9.26 Å². The number of likely N-dealkylation sites (tertiary alicyclic amines) is 1. The number of rotatable bonds is 4. The lowest BCUT2D eigenvalue weighted by atomic mass is 10.0. The van der Waals surface area contributed by atoms with Crippen molar-refractivity contribution in [1.29, 1.82) is 0 Å². The molecule has 7 heteroatoms. The molecule has 7 nitrogen and oxygen atoms in total. The summed E-state index contributed by atoms with van der Waals surface area (Å²) in [5.74, 6) is 2.18. The molecule has 0 bridgehead atoms. The monoisotopic (exact) mass is 305 g/mol. The molecular weight excluding hydrogens is 282 g/mol. The van der Waals surface area contributed by atoms with Gasteiger partial charge in [-0.2, -0.15) is 10.1 Å². The molecule has 2 aromatic rings. The fourth-order valence-electron chi connectivity index (χ4n) is 3.47. The van der Waals surface area contributed by atoms with Crippen LogP contribution in [0.15, 0.2) is 4.52 Å². The first kappa shape index (κ1) is 15.0. The molecule has 0 aliphatic carbocycles. The Kier molecular flexibility index (Phi) is 3.90. The van der Waals surface area contributed by atoms with Gasteiger partial charge in [0.1, 0.15) is 0 Å². The molecule has 2 atom stereocenters. The van der Waals surface area contributed by atoms with Crippen LogP contribution in [0.5, 0.6) is 5.88 Å². The van der Waals surface area contributed by atoms with E-state index in [1.54, 1.807) is 7.11 Å². The predicted octanol–water partition coefficient (Wildman–Crippen LogP) is 2.33. The Labute approximate surface area is 130 Å². The number of aryl methyl sites for hydroxylation is 3. The topological polar surface area (TPSA) is 69.2 Å². The summed E-state index contributed by atoms with van der Waals surface area (Å²) < 4.78 is 12.7. The molecule has 1 aliphatic rings. The van der Waals surface area contributed by atoms with E-state index < -0.39 is 0 Å². The zero-order valence-electron chi connectivity index (χ0n) is 13.8. The van der Waals surface area contributed by atoms with Crippen LogP contribution in [0.4, 0.5) is 0 Å². The third-order valence-electron chi connectivity index (χ3n) is 4.43. The maximum absolute atomic E-state index is 5.57. The molecule has 0 N–H and O–H groups in total. The SMILES string of the molecule is COc1c([C@H]2CCCN2[C@H](C)c2nc(C)no2)c(C)nn1C. The van der Waals surface area contributed by atoms with E-state index in [-0.39, 0.29) is 12.1 Å². The van der Waals surface area contributed by atoms with Crippen LogP contribution in [0.1, 0.15) is 54.8 Å². The number of methoxy groups -OCH3 is 1. The van der Waals surface area contributed by atoms with E-state index in [0.717, 1.165) is 31.0 Å². The molecule has 0 amide bonds. The van der Waals surface area contributed by atoms with Gasteiger partial charge in [0.15, 0.2) is 5.82 Å². The minimum atomic E-state index is 0.0815. The number of nitrogens with zero attached hydrogens (tertiary/aromatic N) is 5. The van der Waals surface area contributed by atoms with Crippen LogP contribution in [0.25, 0.3) is 0 Å². The van der Waals surface area contributed by atoms with Crippen molar-refractivity contribution >= 4 is 0 Å². The number of hydrogen-bond donors (Lipinski definition) is 0. The Morgan fingerprint density at radius 1 is 1.36 bits per heavy atom. The molecule has 0 unspecified atom stereocenters. The smallest absolute Gasteiger partial charge is 0.243 e. The first-order chi connectivity index (χ1) is 10.5. The summed E-state index contributed by atoms with van der Waals surface area (Å²) >= 11 is 0. The van der Waals surface area contributed by atoms with Crippen molar-refractivity contribution in [3.8, 4) is 5.88 Å². The van der Waals surface area contributed by atoms with Crippen LogP contribution in [0.3, 0.4) is 0 Å². The zero-order chi connectivity index (χ0) is 15.9. The van der Waals surface area contributed by atoms with Crippen molar-refractivity contribution in [3.05, 3.63) is 23.0 Å². The quantitative estimate of drug-likeness (QED) is 0.863. The van der Waals surface area contributed by atoms with Gasteiger partial charge >= 0.3 is 0 Å². The summed E-state index contributed by atoms with van der Waals surface area (Å²) in [6.07, 6.45) is 2.22. The van der Waals surface area contributed by atoms with E-state index in [4.69, 9.17) is 9.26 Å². The van der Waals surface area contributed by atoms with Crippen molar-refractivity contribution in [2.24, 2.45) is 7.05 Å². The van der Waals surface area contributed by atoms with Crippen molar-refractivity contribution in [3.63, 3.8) is 0 Å². The second-order valence-corrected chi connectivity index (χ2v) is 5.88. The average molecular weight is 305 g/mol. The second kappa shape index (κ2) is 5.72. The fraction of sp³-hybridized carbons (Fsp3) is 0.667. The van der Waals surface area contributed by atoms with Gasteiger partial charge in [0, 0.05) is 13.1 Å². The normalized spacial score (nSPS) is 20.5. The molecule has 120 valence electrons. The highest BCUT2D eigenvalue weighted by Gasteiger charge is 2.36. The summed E-state index contributed by atoms with van der Waals surface area (Å²) in [7, 11) is 3.61. The molecule has 0 radical (unpaired) electrons. The van der Waals surface area contributed by atoms with Crippen molar-refractivity contribution in [2.45, 2.75) is 45.7 Å². The molecular formula is C15H23N5O2. The van der Waals surface area contributed by atoms with Gasteiger partial charge in [0.25, 0.3) is 0 Å². The van der Waals surface area contributed by atoms with Gasteiger partial charge in [-0.05, 0) is 40.2 Å². The first-order valence-corrected chi connectivity index (χ1v) is 7.66. The first-order valence-electron chi connectivity index (χ1n) is 7.66. The summed E-state index contributed by atoms with van der Waals surface area (Å²) in [4.78, 5) is 6.78. The van der Waals surface area contributed by atoms with Crippen LogP contribution in [-0.2, 0) is 7.05 Å². The lowest BCUT2D eigenvalue weighted by molar-refractivity contribution is 0.156. The third kappa shape index (κ3) is 2.39. The van der Waals surface area contributed by atoms with Crippen LogP contribution in [-0.4, -0.2) is 38.5 Å². The number of hydrogen-bond acceptors (Lipinski definition) is 6. The van der Waals surface area contributed by atoms with E-state index in [2.05, 4.69) is 27.1 Å². The standard InChI is InChI=1S/C15H23N5O2/c1-9-13(15(21-5)19(4)17-9)12-7-6-8-20(12)10(2)14-16-11(3)18-22-14/h10,12H,6-8H2,1-5H3/t10-,12-/m1/s1. The lowest BCUT2D eigenvalue weighted by Crippen LogP contribution is -2.27. The molecule has 1 aliphatic heterocycles. The van der Waals surface area contributed by atoms with Crippen LogP contribution in [0, 0.1) is 13.8 Å². The Bertz CT molecular complexity index is 663. The van der Waals surface area contributed by atoms with Crippen LogP contribution < -0.4 is 4.74 Å². The van der Waals surface area contributed by atoms with E-state index in [9.17, 15) is 0 Å². The fourth-order valence-corrected chi connectivity index (χ4v) is 3.47. The van der Waals surface area contributed by atoms with Gasteiger partial charge in [-0.3, -0.25) is 4.90 Å². The molecule has 0 saturated carbocycles. The molecule has 3 heterocycles. The minimum Gasteiger partial charge on any atom is -0.481 e. The number of aromatic nitrogens is 4. The molecule has 0 aromatic carbocycles.